The predicted molar refractivity (Wildman–Crippen MR) is 128 cm³/mol. The Balaban J connectivity index is 1.20. The molecule has 1 aromatic carbocycles. The number of carbonyl (C=O) groups excluding carboxylic acids is 2. The molecule has 34 heavy (non-hydrogen) atoms. The Morgan fingerprint density at radius 2 is 1.82 bits per heavy atom. The number of rotatable bonds is 5. The van der Waals surface area contributed by atoms with Crippen molar-refractivity contribution in [3.8, 4) is 0 Å². The fraction of sp³-hybridized carbons (Fsp3) is 0.593. The summed E-state index contributed by atoms with van der Waals surface area (Å²) in [7, 11) is 0. The standard InChI is InChI=1S/C27H34N4O3/c1-16(2)34-25(33)30-24(28)29-23(32)14-31-21(17-6-4-3-5-7-17)8-9-22(31)26-12-19-10-18-11-20(13-26)27(18,19)15-26/h3-7,9,16,18-21H,8,10-15H2,1-2H3,(H3,28,29,30,32,33). The summed E-state index contributed by atoms with van der Waals surface area (Å²) in [5.74, 6) is 2.06. The van der Waals surface area contributed by atoms with E-state index in [0.29, 0.717) is 5.41 Å². The highest BCUT2D eigenvalue weighted by Crippen LogP contribution is 2.86. The van der Waals surface area contributed by atoms with Crippen LogP contribution in [0.3, 0.4) is 0 Å². The second kappa shape index (κ2) is 7.59. The molecule has 0 aromatic heterocycles. The number of hydrogen-bond acceptors (Lipinski definition) is 5. The molecule has 4 aliphatic carbocycles. The molecule has 1 aliphatic heterocycles. The van der Waals surface area contributed by atoms with Gasteiger partial charge in [-0.25, -0.2) is 4.79 Å². The molecule has 3 unspecified atom stereocenters. The van der Waals surface area contributed by atoms with Crippen LogP contribution in [0.1, 0.15) is 64.0 Å². The van der Waals surface area contributed by atoms with Gasteiger partial charge in [0.15, 0.2) is 0 Å². The summed E-state index contributed by atoms with van der Waals surface area (Å²) in [6, 6.07) is 10.5. The van der Waals surface area contributed by atoms with E-state index in [4.69, 9.17) is 10.1 Å². The number of amides is 2. The number of ether oxygens (including phenoxy) is 1. The van der Waals surface area contributed by atoms with E-state index in [9.17, 15) is 9.59 Å². The number of allylic oxidation sites excluding steroid dienone is 1. The third-order valence-electron chi connectivity index (χ3n) is 9.43. The van der Waals surface area contributed by atoms with Crippen LogP contribution in [0.25, 0.3) is 0 Å². The van der Waals surface area contributed by atoms with Crippen molar-refractivity contribution < 1.29 is 14.3 Å². The highest BCUT2D eigenvalue weighted by molar-refractivity contribution is 6.02. The molecule has 7 nitrogen and oxygen atoms in total. The van der Waals surface area contributed by atoms with Gasteiger partial charge in [0.25, 0.3) is 0 Å². The second-order valence-corrected chi connectivity index (χ2v) is 11.4. The monoisotopic (exact) mass is 462 g/mol. The minimum absolute atomic E-state index is 0.120. The number of carbonyl (C=O) groups is 2. The Kier molecular flexibility index (Phi) is 4.84. The minimum atomic E-state index is -0.736. The first-order chi connectivity index (χ1) is 16.3. The molecule has 6 rings (SSSR count). The van der Waals surface area contributed by atoms with Gasteiger partial charge in [0.2, 0.25) is 11.9 Å². The van der Waals surface area contributed by atoms with Gasteiger partial charge in [-0.3, -0.25) is 20.8 Å². The Bertz CT molecular complexity index is 1050. The van der Waals surface area contributed by atoms with Crippen molar-refractivity contribution in [1.29, 1.82) is 5.41 Å². The molecule has 4 fully saturated rings. The zero-order valence-electron chi connectivity index (χ0n) is 20.0. The van der Waals surface area contributed by atoms with E-state index in [-0.39, 0.29) is 36.0 Å². The van der Waals surface area contributed by atoms with E-state index in [0.717, 1.165) is 24.2 Å². The zero-order chi connectivity index (χ0) is 23.7. The maximum Gasteiger partial charge on any atom is 0.414 e. The fourth-order valence-electron chi connectivity index (χ4n) is 8.43. The van der Waals surface area contributed by atoms with E-state index in [2.05, 4.69) is 45.9 Å². The molecule has 3 atom stereocenters. The smallest absolute Gasteiger partial charge is 0.414 e. The number of fused-ring (bicyclic) bond motifs is 1. The van der Waals surface area contributed by atoms with Crippen LogP contribution in [-0.2, 0) is 9.53 Å². The van der Waals surface area contributed by atoms with Crippen LogP contribution in [-0.4, -0.2) is 35.5 Å². The quantitative estimate of drug-likeness (QED) is 0.448. The third-order valence-corrected chi connectivity index (χ3v) is 9.43. The van der Waals surface area contributed by atoms with Crippen LogP contribution in [0, 0.1) is 34.0 Å². The Hall–Kier alpha value is -2.83. The number of alkyl carbamates (subject to hydrolysis) is 1. The van der Waals surface area contributed by atoms with Crippen LogP contribution in [0.2, 0.25) is 0 Å². The summed E-state index contributed by atoms with van der Waals surface area (Å²) < 4.78 is 5.01. The largest absolute Gasteiger partial charge is 0.447 e. The van der Waals surface area contributed by atoms with Gasteiger partial charge < -0.3 is 9.64 Å². The molecule has 5 aliphatic rings. The SMILES string of the molecule is CC(C)OC(=O)NC(=N)NC(=O)CN1C(C23CC4CC5CC(C2)C54C3)=CCC1c1ccccc1. The molecule has 4 saturated carbocycles. The summed E-state index contributed by atoms with van der Waals surface area (Å²) in [4.78, 5) is 27.1. The second-order valence-electron chi connectivity index (χ2n) is 11.4. The van der Waals surface area contributed by atoms with Gasteiger partial charge in [-0.15, -0.1) is 0 Å². The van der Waals surface area contributed by atoms with Crippen molar-refractivity contribution in [3.05, 3.63) is 47.7 Å². The maximum atomic E-state index is 13.1. The van der Waals surface area contributed by atoms with E-state index in [1.807, 2.05) is 6.07 Å². The molecular weight excluding hydrogens is 428 g/mol. The number of nitrogens with zero attached hydrogens (tertiary/aromatic N) is 1. The fourth-order valence-corrected chi connectivity index (χ4v) is 8.43. The van der Waals surface area contributed by atoms with E-state index < -0.39 is 6.09 Å². The van der Waals surface area contributed by atoms with E-state index >= 15 is 0 Å². The van der Waals surface area contributed by atoms with Crippen molar-refractivity contribution in [2.45, 2.75) is 64.5 Å². The number of benzene rings is 1. The lowest BCUT2D eigenvalue weighted by molar-refractivity contribution is -0.176. The molecule has 1 aromatic rings. The van der Waals surface area contributed by atoms with Gasteiger partial charge in [-0.2, -0.15) is 0 Å². The van der Waals surface area contributed by atoms with Crippen LogP contribution >= 0.6 is 0 Å². The summed E-state index contributed by atoms with van der Waals surface area (Å²) in [5.41, 5.74) is 3.39. The lowest BCUT2D eigenvalue weighted by Crippen LogP contribution is -2.59. The molecule has 2 bridgehead atoms. The van der Waals surface area contributed by atoms with E-state index in [1.54, 1.807) is 13.8 Å². The summed E-state index contributed by atoms with van der Waals surface area (Å²) in [6.45, 7) is 3.64. The first-order valence-electron chi connectivity index (χ1n) is 12.7. The molecule has 0 radical (unpaired) electrons. The molecule has 3 N–H and O–H groups in total. The maximum absolute atomic E-state index is 13.1. The predicted octanol–water partition coefficient (Wildman–Crippen LogP) is 4.33. The van der Waals surface area contributed by atoms with Crippen LogP contribution in [0.4, 0.5) is 4.79 Å². The lowest BCUT2D eigenvalue weighted by atomic mass is 9.38. The number of nitrogens with one attached hydrogen (secondary N) is 3. The minimum Gasteiger partial charge on any atom is -0.447 e. The summed E-state index contributed by atoms with van der Waals surface area (Å²) >= 11 is 0. The molecular formula is C27H34N4O3. The van der Waals surface area contributed by atoms with Crippen LogP contribution in [0.5, 0.6) is 0 Å². The first kappa shape index (κ1) is 21.7. The average Bonchev–Trinajstić information content (AvgIpc) is 3.39. The van der Waals surface area contributed by atoms with Gasteiger partial charge >= 0.3 is 6.09 Å². The van der Waals surface area contributed by atoms with Gasteiger partial charge in [-0.1, -0.05) is 36.4 Å². The zero-order valence-corrected chi connectivity index (χ0v) is 20.0. The van der Waals surface area contributed by atoms with Crippen molar-refractivity contribution in [2.24, 2.45) is 28.6 Å². The Labute approximate surface area is 200 Å². The van der Waals surface area contributed by atoms with Gasteiger partial charge in [-0.05, 0) is 81.1 Å². The van der Waals surface area contributed by atoms with Crippen LogP contribution < -0.4 is 10.6 Å². The van der Waals surface area contributed by atoms with Crippen molar-refractivity contribution >= 4 is 18.0 Å². The average molecular weight is 463 g/mol. The normalized spacial score (nSPS) is 36.3. The Morgan fingerprint density at radius 1 is 1.12 bits per heavy atom. The molecule has 1 spiro atoms. The highest BCUT2D eigenvalue weighted by atomic mass is 16.6. The third kappa shape index (κ3) is 3.12. The number of hydrogen-bond donors (Lipinski definition) is 3. The first-order valence-corrected chi connectivity index (χ1v) is 12.7. The van der Waals surface area contributed by atoms with Crippen LogP contribution in [0.15, 0.2) is 42.1 Å². The van der Waals surface area contributed by atoms with Crippen molar-refractivity contribution in [3.63, 3.8) is 0 Å². The summed E-state index contributed by atoms with van der Waals surface area (Å²) in [5, 5.41) is 12.8. The molecule has 7 heteroatoms. The van der Waals surface area contributed by atoms with Gasteiger partial charge in [0, 0.05) is 11.1 Å². The van der Waals surface area contributed by atoms with Crippen molar-refractivity contribution in [2.75, 3.05) is 6.54 Å². The molecule has 180 valence electrons. The van der Waals surface area contributed by atoms with Crippen molar-refractivity contribution in [1.82, 2.24) is 15.5 Å². The molecule has 2 amide bonds. The molecule has 0 saturated heterocycles. The van der Waals surface area contributed by atoms with Gasteiger partial charge in [0.1, 0.15) is 0 Å². The lowest BCUT2D eigenvalue weighted by Gasteiger charge is -2.66. The van der Waals surface area contributed by atoms with Gasteiger partial charge in [0.05, 0.1) is 18.7 Å². The number of guanidine groups is 1. The summed E-state index contributed by atoms with van der Waals surface area (Å²) in [6.07, 6.45) is 8.91. The topological polar surface area (TPSA) is 94.5 Å². The molecule has 1 heterocycles. The Morgan fingerprint density at radius 3 is 2.44 bits per heavy atom. The highest BCUT2D eigenvalue weighted by Gasteiger charge is 2.78. The van der Waals surface area contributed by atoms with E-state index in [1.165, 1.54) is 43.4 Å².